The molecule has 0 radical (unpaired) electrons. The summed E-state index contributed by atoms with van der Waals surface area (Å²) in [4.78, 5) is 48.4. The van der Waals surface area contributed by atoms with Gasteiger partial charge in [-0.3, -0.25) is 19.2 Å². The van der Waals surface area contributed by atoms with Gasteiger partial charge in [0.05, 0.1) is 40.2 Å². The minimum Gasteiger partial charge on any atom is -0.493 e. The van der Waals surface area contributed by atoms with E-state index >= 15 is 0 Å². The third-order valence-electron chi connectivity index (χ3n) is 6.97. The molecule has 0 spiro atoms. The SMILES string of the molecule is COC(=O)CNC(=O)CCCCCNc1ccc2c(cc1=O)[C@H](NC(C)=O)CCc1cc(OC)c(OC)c(OC)c1-2. The van der Waals surface area contributed by atoms with Crippen molar-refractivity contribution in [1.29, 1.82) is 0 Å². The molecule has 0 bridgehead atoms. The lowest BCUT2D eigenvalue weighted by atomic mass is 9.95. The van der Waals surface area contributed by atoms with Gasteiger partial charge in [0, 0.05) is 25.5 Å². The van der Waals surface area contributed by atoms with Gasteiger partial charge in [-0.2, -0.15) is 0 Å². The van der Waals surface area contributed by atoms with E-state index in [2.05, 4.69) is 20.7 Å². The van der Waals surface area contributed by atoms with E-state index in [1.165, 1.54) is 14.0 Å². The number of esters is 1. The van der Waals surface area contributed by atoms with Gasteiger partial charge in [-0.15, -0.1) is 0 Å². The van der Waals surface area contributed by atoms with Crippen molar-refractivity contribution >= 4 is 23.5 Å². The molecule has 1 aliphatic carbocycles. The molecule has 0 heterocycles. The van der Waals surface area contributed by atoms with Crippen molar-refractivity contribution in [1.82, 2.24) is 10.6 Å². The summed E-state index contributed by atoms with van der Waals surface area (Å²) in [5.41, 5.74) is 3.43. The summed E-state index contributed by atoms with van der Waals surface area (Å²) >= 11 is 0. The maximum Gasteiger partial charge on any atom is 0.325 e. The topological polar surface area (TPSA) is 141 Å². The molecule has 0 unspecified atom stereocenters. The number of ether oxygens (including phenoxy) is 4. The number of nitrogens with one attached hydrogen (secondary N) is 3. The highest BCUT2D eigenvalue weighted by atomic mass is 16.5. The lowest BCUT2D eigenvalue weighted by Crippen LogP contribution is -2.29. The molecular formula is C30H39N3O8. The Morgan fingerprint density at radius 3 is 2.37 bits per heavy atom. The quantitative estimate of drug-likeness (QED) is 0.245. The summed E-state index contributed by atoms with van der Waals surface area (Å²) < 4.78 is 21.5. The molecule has 2 aromatic rings. The van der Waals surface area contributed by atoms with E-state index in [1.54, 1.807) is 33.5 Å². The Morgan fingerprint density at radius 1 is 0.951 bits per heavy atom. The first-order valence-corrected chi connectivity index (χ1v) is 13.6. The Morgan fingerprint density at radius 2 is 1.71 bits per heavy atom. The maximum absolute atomic E-state index is 13.3. The average molecular weight is 570 g/mol. The first-order chi connectivity index (χ1) is 19.7. The van der Waals surface area contributed by atoms with Crippen LogP contribution in [0.5, 0.6) is 17.2 Å². The van der Waals surface area contributed by atoms with Crippen molar-refractivity contribution in [3.05, 3.63) is 45.6 Å². The molecule has 0 fully saturated rings. The number of hydrogen-bond acceptors (Lipinski definition) is 9. The van der Waals surface area contributed by atoms with Crippen LogP contribution in [0.1, 0.15) is 56.2 Å². The van der Waals surface area contributed by atoms with Gasteiger partial charge in [0.25, 0.3) is 0 Å². The highest BCUT2D eigenvalue weighted by molar-refractivity contribution is 5.84. The molecule has 2 aromatic carbocycles. The van der Waals surface area contributed by atoms with Crippen LogP contribution < -0.4 is 35.6 Å². The number of amides is 2. The monoisotopic (exact) mass is 569 g/mol. The zero-order valence-corrected chi connectivity index (χ0v) is 24.3. The molecule has 11 heteroatoms. The van der Waals surface area contributed by atoms with Gasteiger partial charge in [-0.1, -0.05) is 12.5 Å². The van der Waals surface area contributed by atoms with Crippen LogP contribution in [0.25, 0.3) is 11.1 Å². The van der Waals surface area contributed by atoms with Gasteiger partial charge in [0.2, 0.25) is 23.0 Å². The molecule has 2 amide bonds. The van der Waals surface area contributed by atoms with Crippen LogP contribution in [0.4, 0.5) is 5.69 Å². The minimum atomic E-state index is -0.492. The van der Waals surface area contributed by atoms with Gasteiger partial charge in [0.1, 0.15) is 6.54 Å². The van der Waals surface area contributed by atoms with Crippen LogP contribution in [0.2, 0.25) is 0 Å². The largest absolute Gasteiger partial charge is 0.493 e. The number of hydrogen-bond donors (Lipinski definition) is 3. The molecule has 0 saturated carbocycles. The third-order valence-corrected chi connectivity index (χ3v) is 6.97. The highest BCUT2D eigenvalue weighted by Gasteiger charge is 2.29. The zero-order valence-electron chi connectivity index (χ0n) is 24.3. The number of fused-ring (bicyclic) bond motifs is 3. The number of methoxy groups -OCH3 is 4. The molecule has 1 aliphatic rings. The second kappa shape index (κ2) is 14.9. The summed E-state index contributed by atoms with van der Waals surface area (Å²) in [5.74, 6) is 0.592. The Labute approximate surface area is 239 Å². The molecule has 3 rings (SSSR count). The summed E-state index contributed by atoms with van der Waals surface area (Å²) in [6, 6.07) is 6.73. The predicted octanol–water partition coefficient (Wildman–Crippen LogP) is 3.12. The van der Waals surface area contributed by atoms with Gasteiger partial charge in [-0.05, 0) is 60.6 Å². The van der Waals surface area contributed by atoms with E-state index in [4.69, 9.17) is 14.2 Å². The van der Waals surface area contributed by atoms with Crippen LogP contribution >= 0.6 is 0 Å². The molecule has 3 N–H and O–H groups in total. The Hall–Kier alpha value is -4.28. The Bertz CT molecular complexity index is 1330. The molecule has 11 nitrogen and oxygen atoms in total. The predicted molar refractivity (Wildman–Crippen MR) is 155 cm³/mol. The summed E-state index contributed by atoms with van der Waals surface area (Å²) in [5, 5.41) is 8.74. The van der Waals surface area contributed by atoms with Crippen LogP contribution in [-0.2, 0) is 25.5 Å². The van der Waals surface area contributed by atoms with Crippen molar-refractivity contribution in [3.8, 4) is 28.4 Å². The number of aryl methyl sites for hydroxylation is 1. The average Bonchev–Trinajstić information content (AvgIpc) is 3.20. The number of carbonyl (C=O) groups excluding carboxylic acids is 3. The number of benzene rings is 1. The lowest BCUT2D eigenvalue weighted by Gasteiger charge is -2.19. The second-order valence-electron chi connectivity index (χ2n) is 9.69. The van der Waals surface area contributed by atoms with E-state index in [9.17, 15) is 19.2 Å². The Balaban J connectivity index is 1.84. The van der Waals surface area contributed by atoms with Gasteiger partial charge >= 0.3 is 5.97 Å². The summed E-state index contributed by atoms with van der Waals surface area (Å²) in [6.45, 7) is 1.85. The summed E-state index contributed by atoms with van der Waals surface area (Å²) in [6.07, 6.45) is 3.66. The fourth-order valence-electron chi connectivity index (χ4n) is 5.00. The van der Waals surface area contributed by atoms with Crippen LogP contribution in [0.15, 0.2) is 29.1 Å². The van der Waals surface area contributed by atoms with E-state index < -0.39 is 5.97 Å². The Kier molecular flexibility index (Phi) is 11.4. The normalized spacial score (nSPS) is 13.5. The first-order valence-electron chi connectivity index (χ1n) is 13.6. The van der Waals surface area contributed by atoms with E-state index in [0.29, 0.717) is 60.7 Å². The number of rotatable bonds is 13. The first kappa shape index (κ1) is 31.3. The number of carbonyl (C=O) groups is 3. The van der Waals surface area contributed by atoms with E-state index in [0.717, 1.165) is 29.5 Å². The molecule has 0 aromatic heterocycles. The molecular weight excluding hydrogens is 530 g/mol. The molecule has 41 heavy (non-hydrogen) atoms. The third kappa shape index (κ3) is 7.90. The molecule has 0 saturated heterocycles. The fraction of sp³-hybridized carbons (Fsp3) is 0.467. The molecule has 0 aliphatic heterocycles. The van der Waals surface area contributed by atoms with Crippen molar-refractivity contribution < 1.29 is 33.3 Å². The number of unbranched alkanes of at least 4 members (excludes halogenated alkanes) is 2. The molecule has 1 atom stereocenters. The summed E-state index contributed by atoms with van der Waals surface area (Å²) in [7, 11) is 5.94. The van der Waals surface area contributed by atoms with E-state index in [1.807, 2.05) is 12.1 Å². The highest BCUT2D eigenvalue weighted by Crippen LogP contribution is 2.50. The molecule has 222 valence electrons. The van der Waals surface area contributed by atoms with Crippen molar-refractivity contribution in [2.45, 2.75) is 51.5 Å². The van der Waals surface area contributed by atoms with Crippen LogP contribution in [-0.4, -0.2) is 59.3 Å². The van der Waals surface area contributed by atoms with Gasteiger partial charge in [-0.25, -0.2) is 0 Å². The van der Waals surface area contributed by atoms with Crippen molar-refractivity contribution in [2.75, 3.05) is 46.8 Å². The number of anilines is 1. The maximum atomic E-state index is 13.3. The second-order valence-corrected chi connectivity index (χ2v) is 9.69. The van der Waals surface area contributed by atoms with Gasteiger partial charge < -0.3 is 34.9 Å². The lowest BCUT2D eigenvalue weighted by molar-refractivity contribution is -0.141. The van der Waals surface area contributed by atoms with E-state index in [-0.39, 0.29) is 29.8 Å². The zero-order chi connectivity index (χ0) is 29.9. The standard InChI is InChI=1S/C30H39N3O8/c1-18(34)33-22-12-10-19-15-25(38-2)29(40-4)30(41-5)28(19)20-11-13-23(24(35)16-21(20)22)31-14-8-6-7-9-26(36)32-17-27(37)39-3/h11,13,15-16,22H,6-10,12,14,17H2,1-5H3,(H,31,35)(H,32,36)(H,33,34)/t22-/m1/s1. The van der Waals surface area contributed by atoms with Crippen molar-refractivity contribution in [2.24, 2.45) is 0 Å². The van der Waals surface area contributed by atoms with Crippen LogP contribution in [0, 0.1) is 0 Å². The smallest absolute Gasteiger partial charge is 0.325 e. The minimum absolute atomic E-state index is 0.141. The van der Waals surface area contributed by atoms with Gasteiger partial charge in [0.15, 0.2) is 11.5 Å². The van der Waals surface area contributed by atoms with Crippen molar-refractivity contribution in [3.63, 3.8) is 0 Å². The van der Waals surface area contributed by atoms with Crippen LogP contribution in [0.3, 0.4) is 0 Å². The fourth-order valence-corrected chi connectivity index (χ4v) is 5.00.